The van der Waals surface area contributed by atoms with Gasteiger partial charge in [0.05, 0.1) is 11.4 Å². The molecule has 0 saturated heterocycles. The van der Waals surface area contributed by atoms with Gasteiger partial charge in [-0.25, -0.2) is 9.67 Å². The quantitative estimate of drug-likeness (QED) is 0.736. The van der Waals surface area contributed by atoms with Crippen molar-refractivity contribution < 1.29 is 4.42 Å². The Morgan fingerprint density at radius 2 is 2.05 bits per heavy atom. The fourth-order valence-electron chi connectivity index (χ4n) is 2.38. The third-order valence-corrected chi connectivity index (χ3v) is 3.77. The lowest BCUT2D eigenvalue weighted by molar-refractivity contribution is 0.480. The van der Waals surface area contributed by atoms with Gasteiger partial charge in [-0.2, -0.15) is 0 Å². The molecule has 2 aromatic heterocycles. The Hall–Kier alpha value is -2.43. The van der Waals surface area contributed by atoms with Crippen LogP contribution in [-0.4, -0.2) is 20.0 Å². The third kappa shape index (κ3) is 2.46. The van der Waals surface area contributed by atoms with Crippen molar-refractivity contribution in [2.24, 2.45) is 0 Å². The SMILES string of the molecule is Cc1nc(-c2ccccc2)oc1Cn1cc(C2CC2)nn1. The molecule has 1 aliphatic rings. The summed E-state index contributed by atoms with van der Waals surface area (Å²) in [5, 5.41) is 8.39. The van der Waals surface area contributed by atoms with E-state index in [1.54, 1.807) is 0 Å². The van der Waals surface area contributed by atoms with Crippen molar-refractivity contribution in [2.45, 2.75) is 32.2 Å². The summed E-state index contributed by atoms with van der Waals surface area (Å²) in [7, 11) is 0. The Morgan fingerprint density at radius 3 is 2.81 bits per heavy atom. The summed E-state index contributed by atoms with van der Waals surface area (Å²) in [4.78, 5) is 4.50. The Morgan fingerprint density at radius 1 is 1.24 bits per heavy atom. The van der Waals surface area contributed by atoms with E-state index >= 15 is 0 Å². The maximum absolute atomic E-state index is 5.89. The van der Waals surface area contributed by atoms with E-state index in [1.807, 2.05) is 48.1 Å². The van der Waals surface area contributed by atoms with Gasteiger partial charge < -0.3 is 4.42 Å². The molecule has 5 nitrogen and oxygen atoms in total. The van der Waals surface area contributed by atoms with Crippen molar-refractivity contribution in [3.05, 3.63) is 53.7 Å². The minimum Gasteiger partial charge on any atom is -0.439 e. The van der Waals surface area contributed by atoms with Gasteiger partial charge in [0.1, 0.15) is 12.3 Å². The zero-order valence-corrected chi connectivity index (χ0v) is 11.9. The predicted molar refractivity (Wildman–Crippen MR) is 77.8 cm³/mol. The van der Waals surface area contributed by atoms with E-state index in [-0.39, 0.29) is 0 Å². The van der Waals surface area contributed by atoms with Crippen LogP contribution in [0.3, 0.4) is 0 Å². The van der Waals surface area contributed by atoms with Crippen molar-refractivity contribution >= 4 is 0 Å². The number of nitrogens with zero attached hydrogens (tertiary/aromatic N) is 4. The Bertz CT molecular complexity index is 756. The molecule has 1 aromatic carbocycles. The van der Waals surface area contributed by atoms with Gasteiger partial charge in [0.2, 0.25) is 5.89 Å². The number of aryl methyl sites for hydroxylation is 1. The predicted octanol–water partition coefficient (Wildman–Crippen LogP) is 3.17. The molecule has 0 atom stereocenters. The second kappa shape index (κ2) is 4.84. The van der Waals surface area contributed by atoms with Crippen LogP contribution in [0.25, 0.3) is 11.5 Å². The standard InChI is InChI=1S/C16H16N4O/c1-11-15(10-20-9-14(18-19-20)12-7-8-12)21-16(17-11)13-5-3-2-4-6-13/h2-6,9,12H,7-8,10H2,1H3. The second-order valence-corrected chi connectivity index (χ2v) is 5.51. The van der Waals surface area contributed by atoms with Crippen LogP contribution < -0.4 is 0 Å². The molecule has 106 valence electrons. The normalized spacial score (nSPS) is 14.5. The fourth-order valence-corrected chi connectivity index (χ4v) is 2.38. The number of benzene rings is 1. The molecular formula is C16H16N4O. The first-order valence-corrected chi connectivity index (χ1v) is 7.21. The zero-order chi connectivity index (χ0) is 14.2. The maximum atomic E-state index is 5.89. The lowest BCUT2D eigenvalue weighted by Crippen LogP contribution is -2.00. The van der Waals surface area contributed by atoms with E-state index in [0.717, 1.165) is 22.7 Å². The van der Waals surface area contributed by atoms with E-state index in [2.05, 4.69) is 15.3 Å². The first-order valence-electron chi connectivity index (χ1n) is 7.21. The Kier molecular flexibility index (Phi) is 2.84. The molecule has 0 radical (unpaired) electrons. The first-order chi connectivity index (χ1) is 10.3. The largest absolute Gasteiger partial charge is 0.439 e. The van der Waals surface area contributed by atoms with Gasteiger partial charge in [0.25, 0.3) is 0 Å². The molecule has 1 saturated carbocycles. The molecule has 0 bridgehead atoms. The number of aromatic nitrogens is 4. The summed E-state index contributed by atoms with van der Waals surface area (Å²) >= 11 is 0. The molecule has 0 N–H and O–H groups in total. The van der Waals surface area contributed by atoms with Gasteiger partial charge in [-0.05, 0) is 31.9 Å². The lowest BCUT2D eigenvalue weighted by Gasteiger charge is -1.97. The molecule has 4 rings (SSSR count). The molecule has 1 fully saturated rings. The van der Waals surface area contributed by atoms with Crippen molar-refractivity contribution in [3.63, 3.8) is 0 Å². The highest BCUT2D eigenvalue weighted by Gasteiger charge is 2.26. The average Bonchev–Trinajstić information content (AvgIpc) is 3.16. The number of oxazole rings is 1. The van der Waals surface area contributed by atoms with Crippen LogP contribution in [0.2, 0.25) is 0 Å². The van der Waals surface area contributed by atoms with Crippen LogP contribution >= 0.6 is 0 Å². The summed E-state index contributed by atoms with van der Waals surface area (Å²) in [5.41, 5.74) is 2.98. The lowest BCUT2D eigenvalue weighted by atomic mass is 10.2. The van der Waals surface area contributed by atoms with Crippen LogP contribution in [-0.2, 0) is 6.54 Å². The molecule has 2 heterocycles. The number of rotatable bonds is 4. The zero-order valence-electron chi connectivity index (χ0n) is 11.9. The van der Waals surface area contributed by atoms with Crippen LogP contribution in [0, 0.1) is 6.92 Å². The summed E-state index contributed by atoms with van der Waals surface area (Å²) in [6, 6.07) is 9.93. The number of hydrogen-bond acceptors (Lipinski definition) is 4. The van der Waals surface area contributed by atoms with Gasteiger partial charge in [0.15, 0.2) is 0 Å². The summed E-state index contributed by atoms with van der Waals surface area (Å²) in [6.45, 7) is 2.54. The van der Waals surface area contributed by atoms with Crippen LogP contribution in [0.15, 0.2) is 40.9 Å². The molecule has 1 aliphatic carbocycles. The van der Waals surface area contributed by atoms with E-state index in [9.17, 15) is 0 Å². The van der Waals surface area contributed by atoms with Crippen LogP contribution in [0.1, 0.15) is 35.9 Å². The molecule has 0 spiro atoms. The highest BCUT2D eigenvalue weighted by Crippen LogP contribution is 2.38. The van der Waals surface area contributed by atoms with Gasteiger partial charge >= 0.3 is 0 Å². The highest BCUT2D eigenvalue weighted by atomic mass is 16.4. The molecule has 0 amide bonds. The van der Waals surface area contributed by atoms with Crippen molar-refractivity contribution in [1.82, 2.24) is 20.0 Å². The van der Waals surface area contributed by atoms with Crippen molar-refractivity contribution in [1.29, 1.82) is 0 Å². The van der Waals surface area contributed by atoms with Gasteiger partial charge in [-0.1, -0.05) is 23.4 Å². The molecule has 3 aromatic rings. The maximum Gasteiger partial charge on any atom is 0.226 e. The Labute approximate surface area is 122 Å². The van der Waals surface area contributed by atoms with E-state index < -0.39 is 0 Å². The van der Waals surface area contributed by atoms with Crippen molar-refractivity contribution in [3.8, 4) is 11.5 Å². The van der Waals surface area contributed by atoms with Crippen LogP contribution in [0.5, 0.6) is 0 Å². The summed E-state index contributed by atoms with van der Waals surface area (Å²) in [5.74, 6) is 2.11. The number of hydrogen-bond donors (Lipinski definition) is 0. The van der Waals surface area contributed by atoms with E-state index in [0.29, 0.717) is 18.4 Å². The average molecular weight is 280 g/mol. The molecule has 0 aliphatic heterocycles. The van der Waals surface area contributed by atoms with E-state index in [4.69, 9.17) is 4.42 Å². The molecule has 5 heteroatoms. The highest BCUT2D eigenvalue weighted by molar-refractivity contribution is 5.53. The van der Waals surface area contributed by atoms with Gasteiger partial charge in [-0.15, -0.1) is 5.10 Å². The van der Waals surface area contributed by atoms with Crippen molar-refractivity contribution in [2.75, 3.05) is 0 Å². The fraction of sp³-hybridized carbons (Fsp3) is 0.312. The molecular weight excluding hydrogens is 264 g/mol. The monoisotopic (exact) mass is 280 g/mol. The third-order valence-electron chi connectivity index (χ3n) is 3.77. The first kappa shape index (κ1) is 12.3. The minimum absolute atomic E-state index is 0.575. The topological polar surface area (TPSA) is 56.7 Å². The van der Waals surface area contributed by atoms with Gasteiger partial charge in [-0.3, -0.25) is 0 Å². The summed E-state index contributed by atoms with van der Waals surface area (Å²) < 4.78 is 7.72. The van der Waals surface area contributed by atoms with Crippen LogP contribution in [0.4, 0.5) is 0 Å². The molecule has 21 heavy (non-hydrogen) atoms. The smallest absolute Gasteiger partial charge is 0.226 e. The molecule has 0 unspecified atom stereocenters. The van der Waals surface area contributed by atoms with Gasteiger partial charge in [0, 0.05) is 17.7 Å². The Balaban J connectivity index is 1.58. The van der Waals surface area contributed by atoms with E-state index in [1.165, 1.54) is 12.8 Å². The second-order valence-electron chi connectivity index (χ2n) is 5.51. The summed E-state index contributed by atoms with van der Waals surface area (Å²) in [6.07, 6.45) is 4.48. The minimum atomic E-state index is 0.575.